The number of nitro benzene ring substituents is 1. The molecule has 3 unspecified atom stereocenters. The molecule has 5 nitrogen and oxygen atoms in total. The molecule has 3 atom stereocenters. The van der Waals surface area contributed by atoms with Crippen molar-refractivity contribution >= 4 is 16.5 Å². The molecule has 1 aromatic carbocycles. The minimum Gasteiger partial charge on any atom is -0.308 e. The van der Waals surface area contributed by atoms with Gasteiger partial charge in [0.2, 0.25) is 0 Å². The molecule has 0 aliphatic heterocycles. The average molecular weight is 284 g/mol. The summed E-state index contributed by atoms with van der Waals surface area (Å²) in [4.78, 5) is 10.2. The summed E-state index contributed by atoms with van der Waals surface area (Å²) in [6.07, 6.45) is 2.55. The van der Waals surface area contributed by atoms with Gasteiger partial charge in [-0.25, -0.2) is 0 Å². The smallest absolute Gasteiger partial charge is 0.269 e. The second-order valence-electron chi connectivity index (χ2n) is 4.70. The van der Waals surface area contributed by atoms with Gasteiger partial charge in [-0.05, 0) is 25.8 Å². The SMILES string of the molecule is CC(CCS(C)=O)NC(C)c1ccc([N+](=O)[O-])cc1. The third-order valence-electron chi connectivity index (χ3n) is 2.98. The van der Waals surface area contributed by atoms with Gasteiger partial charge in [0.05, 0.1) is 4.92 Å². The number of non-ortho nitro benzene ring substituents is 1. The van der Waals surface area contributed by atoms with Crippen molar-refractivity contribution in [3.63, 3.8) is 0 Å². The summed E-state index contributed by atoms with van der Waals surface area (Å²) in [6.45, 7) is 4.06. The third kappa shape index (κ3) is 5.48. The van der Waals surface area contributed by atoms with Gasteiger partial charge in [-0.1, -0.05) is 12.1 Å². The first-order valence-electron chi connectivity index (χ1n) is 6.20. The number of nitrogens with zero attached hydrogens (tertiary/aromatic N) is 1. The fourth-order valence-corrected chi connectivity index (χ4v) is 2.52. The van der Waals surface area contributed by atoms with Crippen LogP contribution in [-0.4, -0.2) is 27.2 Å². The number of nitro groups is 1. The maximum Gasteiger partial charge on any atom is 0.269 e. The number of benzene rings is 1. The topological polar surface area (TPSA) is 72.2 Å². The highest BCUT2D eigenvalue weighted by atomic mass is 32.2. The van der Waals surface area contributed by atoms with Crippen LogP contribution in [0.4, 0.5) is 5.69 Å². The van der Waals surface area contributed by atoms with Gasteiger partial charge in [-0.15, -0.1) is 0 Å². The van der Waals surface area contributed by atoms with Crippen LogP contribution in [0.5, 0.6) is 0 Å². The molecule has 0 bridgehead atoms. The largest absolute Gasteiger partial charge is 0.308 e. The molecule has 0 spiro atoms. The highest BCUT2D eigenvalue weighted by Crippen LogP contribution is 2.18. The Hall–Kier alpha value is -1.27. The van der Waals surface area contributed by atoms with Crippen LogP contribution < -0.4 is 5.32 Å². The fourth-order valence-electron chi connectivity index (χ4n) is 1.83. The Morgan fingerprint density at radius 2 is 1.89 bits per heavy atom. The Balaban J connectivity index is 2.55. The van der Waals surface area contributed by atoms with E-state index in [0.717, 1.165) is 12.0 Å². The van der Waals surface area contributed by atoms with Crippen LogP contribution in [0.1, 0.15) is 31.9 Å². The lowest BCUT2D eigenvalue weighted by Crippen LogP contribution is -2.30. The van der Waals surface area contributed by atoms with Crippen LogP contribution >= 0.6 is 0 Å². The van der Waals surface area contributed by atoms with E-state index in [2.05, 4.69) is 12.2 Å². The first-order chi connectivity index (χ1) is 8.90. The lowest BCUT2D eigenvalue weighted by Gasteiger charge is -2.20. The van der Waals surface area contributed by atoms with E-state index in [4.69, 9.17) is 0 Å². The summed E-state index contributed by atoms with van der Waals surface area (Å²) in [5, 5.41) is 14.0. The van der Waals surface area contributed by atoms with Crippen LogP contribution in [0, 0.1) is 10.1 Å². The Morgan fingerprint density at radius 1 is 1.32 bits per heavy atom. The van der Waals surface area contributed by atoms with Crippen molar-refractivity contribution in [2.75, 3.05) is 12.0 Å². The van der Waals surface area contributed by atoms with Crippen molar-refractivity contribution < 1.29 is 9.13 Å². The van der Waals surface area contributed by atoms with E-state index in [-0.39, 0.29) is 17.8 Å². The van der Waals surface area contributed by atoms with Crippen LogP contribution in [-0.2, 0) is 10.8 Å². The predicted molar refractivity (Wildman–Crippen MR) is 77.7 cm³/mol. The number of nitrogens with one attached hydrogen (secondary N) is 1. The second kappa shape index (κ2) is 7.35. The zero-order chi connectivity index (χ0) is 14.4. The molecule has 0 aliphatic carbocycles. The first kappa shape index (κ1) is 15.8. The van der Waals surface area contributed by atoms with Crippen molar-refractivity contribution in [3.8, 4) is 0 Å². The zero-order valence-electron chi connectivity index (χ0n) is 11.5. The van der Waals surface area contributed by atoms with E-state index in [1.165, 1.54) is 12.1 Å². The van der Waals surface area contributed by atoms with Crippen molar-refractivity contribution in [2.24, 2.45) is 0 Å². The van der Waals surface area contributed by atoms with Gasteiger partial charge in [-0.3, -0.25) is 14.3 Å². The van der Waals surface area contributed by atoms with Gasteiger partial charge in [0.15, 0.2) is 0 Å². The van der Waals surface area contributed by atoms with Gasteiger partial charge in [0.25, 0.3) is 5.69 Å². The monoisotopic (exact) mass is 284 g/mol. The van der Waals surface area contributed by atoms with Crippen molar-refractivity contribution in [1.29, 1.82) is 0 Å². The lowest BCUT2D eigenvalue weighted by molar-refractivity contribution is -0.384. The molecule has 19 heavy (non-hydrogen) atoms. The van der Waals surface area contributed by atoms with E-state index >= 15 is 0 Å². The lowest BCUT2D eigenvalue weighted by atomic mass is 10.1. The van der Waals surface area contributed by atoms with Gasteiger partial charge in [0.1, 0.15) is 0 Å². The highest BCUT2D eigenvalue weighted by molar-refractivity contribution is 7.84. The summed E-state index contributed by atoms with van der Waals surface area (Å²) in [6, 6.07) is 6.93. The van der Waals surface area contributed by atoms with Crippen LogP contribution in [0.15, 0.2) is 24.3 Å². The molecule has 0 saturated carbocycles. The molecule has 0 saturated heterocycles. The van der Waals surface area contributed by atoms with Crippen molar-refractivity contribution in [1.82, 2.24) is 5.32 Å². The number of hydrogen-bond donors (Lipinski definition) is 1. The molecule has 0 aromatic heterocycles. The molecule has 0 aliphatic rings. The van der Waals surface area contributed by atoms with E-state index < -0.39 is 15.7 Å². The number of hydrogen-bond acceptors (Lipinski definition) is 4. The minimum absolute atomic E-state index is 0.102. The van der Waals surface area contributed by atoms with Gasteiger partial charge in [0, 0.05) is 47.0 Å². The molecule has 1 rings (SSSR count). The summed E-state index contributed by atoms with van der Waals surface area (Å²) < 4.78 is 11.0. The Morgan fingerprint density at radius 3 is 2.37 bits per heavy atom. The fraction of sp³-hybridized carbons (Fsp3) is 0.538. The molecule has 0 fully saturated rings. The quantitative estimate of drug-likeness (QED) is 0.616. The van der Waals surface area contributed by atoms with Crippen molar-refractivity contribution in [3.05, 3.63) is 39.9 Å². The maximum atomic E-state index is 11.0. The van der Waals surface area contributed by atoms with Crippen LogP contribution in [0.25, 0.3) is 0 Å². The van der Waals surface area contributed by atoms with Gasteiger partial charge in [-0.2, -0.15) is 0 Å². The first-order valence-corrected chi connectivity index (χ1v) is 7.93. The highest BCUT2D eigenvalue weighted by Gasteiger charge is 2.11. The van der Waals surface area contributed by atoms with E-state index in [1.807, 2.05) is 6.92 Å². The normalized spacial score (nSPS) is 15.7. The van der Waals surface area contributed by atoms with E-state index in [0.29, 0.717) is 5.75 Å². The predicted octanol–water partition coefficient (Wildman–Crippen LogP) is 2.40. The molecule has 1 N–H and O–H groups in total. The standard InChI is InChI=1S/C13H20N2O3S/c1-10(8-9-19(3)18)14-11(2)12-4-6-13(7-5-12)15(16)17/h4-7,10-11,14H,8-9H2,1-3H3. The molecule has 0 radical (unpaired) electrons. The van der Waals surface area contributed by atoms with E-state index in [1.54, 1.807) is 18.4 Å². The Bertz CT molecular complexity index is 448. The van der Waals surface area contributed by atoms with E-state index in [9.17, 15) is 14.3 Å². The van der Waals surface area contributed by atoms with Crippen LogP contribution in [0.3, 0.4) is 0 Å². The average Bonchev–Trinajstić information content (AvgIpc) is 2.36. The summed E-state index contributed by atoms with van der Waals surface area (Å²) >= 11 is 0. The van der Waals surface area contributed by atoms with Gasteiger partial charge >= 0.3 is 0 Å². The molecule has 106 valence electrons. The third-order valence-corrected chi connectivity index (χ3v) is 3.79. The minimum atomic E-state index is -0.769. The Kier molecular flexibility index (Phi) is 6.11. The van der Waals surface area contributed by atoms with Gasteiger partial charge < -0.3 is 5.32 Å². The summed E-state index contributed by atoms with van der Waals surface area (Å²) in [5.74, 6) is 0.682. The maximum absolute atomic E-state index is 11.0. The Labute approximate surface area is 116 Å². The molecule has 1 aromatic rings. The number of rotatable bonds is 7. The van der Waals surface area contributed by atoms with Crippen LogP contribution in [0.2, 0.25) is 0 Å². The molecular formula is C13H20N2O3S. The summed E-state index contributed by atoms with van der Waals surface area (Å²) in [7, 11) is -0.769. The summed E-state index contributed by atoms with van der Waals surface area (Å²) in [5.41, 5.74) is 1.11. The zero-order valence-corrected chi connectivity index (χ0v) is 12.3. The molecule has 0 heterocycles. The second-order valence-corrected chi connectivity index (χ2v) is 6.26. The molecule has 0 amide bonds. The molecule has 6 heteroatoms. The molecular weight excluding hydrogens is 264 g/mol. The van der Waals surface area contributed by atoms with Crippen molar-refractivity contribution in [2.45, 2.75) is 32.4 Å².